The number of nitrogens with one attached hydrogen (secondary N) is 1. The second kappa shape index (κ2) is 6.09. The standard InChI is InChI=1S/C19H20N6O/c26-18(24-10-9-13-3-1-2-4-15(13)12-24)11-20-16-7-8-17-21-22-19(14-5-6-14)25(17)23-16/h1-4,7-8,14H,5-6,9-12H2,(H,20,23). The van der Waals surface area contributed by atoms with Gasteiger partial charge in [-0.3, -0.25) is 4.79 Å². The second-order valence-electron chi connectivity index (χ2n) is 7.01. The van der Waals surface area contributed by atoms with E-state index in [1.807, 2.05) is 23.1 Å². The molecule has 132 valence electrons. The van der Waals surface area contributed by atoms with Gasteiger partial charge < -0.3 is 10.2 Å². The Bertz CT molecular complexity index is 977. The number of aromatic nitrogens is 4. The molecule has 0 atom stereocenters. The molecule has 3 aromatic rings. The third-order valence-corrected chi connectivity index (χ3v) is 5.13. The highest BCUT2D eigenvalue weighted by atomic mass is 16.2. The van der Waals surface area contributed by atoms with Crippen LogP contribution in [0.5, 0.6) is 0 Å². The lowest BCUT2D eigenvalue weighted by Gasteiger charge is -2.29. The van der Waals surface area contributed by atoms with Crippen LogP contribution in [0, 0.1) is 0 Å². The Morgan fingerprint density at radius 2 is 1.96 bits per heavy atom. The van der Waals surface area contributed by atoms with E-state index in [-0.39, 0.29) is 12.5 Å². The number of benzene rings is 1. The fraction of sp³-hybridized carbons (Fsp3) is 0.368. The molecular formula is C19H20N6O. The number of nitrogens with zero attached hydrogens (tertiary/aromatic N) is 5. The first-order valence-corrected chi connectivity index (χ1v) is 9.09. The summed E-state index contributed by atoms with van der Waals surface area (Å²) < 4.78 is 1.79. The fourth-order valence-corrected chi connectivity index (χ4v) is 3.48. The molecule has 1 N–H and O–H groups in total. The smallest absolute Gasteiger partial charge is 0.242 e. The second-order valence-corrected chi connectivity index (χ2v) is 7.01. The summed E-state index contributed by atoms with van der Waals surface area (Å²) in [5.74, 6) is 2.16. The van der Waals surface area contributed by atoms with Gasteiger partial charge in [0.2, 0.25) is 5.91 Å². The Labute approximate surface area is 151 Å². The van der Waals surface area contributed by atoms with E-state index in [0.29, 0.717) is 18.3 Å². The molecular weight excluding hydrogens is 328 g/mol. The number of fused-ring (bicyclic) bond motifs is 2. The zero-order valence-corrected chi connectivity index (χ0v) is 14.4. The van der Waals surface area contributed by atoms with Gasteiger partial charge in [-0.05, 0) is 42.5 Å². The van der Waals surface area contributed by atoms with Gasteiger partial charge in [0.1, 0.15) is 5.82 Å². The molecule has 7 nitrogen and oxygen atoms in total. The molecule has 1 saturated carbocycles. The molecule has 1 aliphatic heterocycles. The van der Waals surface area contributed by atoms with Gasteiger partial charge in [-0.25, -0.2) is 0 Å². The van der Waals surface area contributed by atoms with Crippen molar-refractivity contribution in [1.29, 1.82) is 0 Å². The number of hydrogen-bond acceptors (Lipinski definition) is 5. The maximum Gasteiger partial charge on any atom is 0.242 e. The summed E-state index contributed by atoms with van der Waals surface area (Å²) in [5.41, 5.74) is 3.33. The van der Waals surface area contributed by atoms with Gasteiger partial charge in [-0.15, -0.1) is 15.3 Å². The van der Waals surface area contributed by atoms with Crippen molar-refractivity contribution in [3.8, 4) is 0 Å². The molecule has 2 aliphatic rings. The number of amides is 1. The van der Waals surface area contributed by atoms with Gasteiger partial charge in [0.15, 0.2) is 11.5 Å². The third-order valence-electron chi connectivity index (χ3n) is 5.13. The average Bonchev–Trinajstić information content (AvgIpc) is 3.44. The Balaban J connectivity index is 1.27. The van der Waals surface area contributed by atoms with E-state index in [1.165, 1.54) is 11.1 Å². The van der Waals surface area contributed by atoms with Crippen molar-refractivity contribution < 1.29 is 4.79 Å². The highest BCUT2D eigenvalue weighted by Crippen LogP contribution is 2.38. The maximum atomic E-state index is 12.6. The van der Waals surface area contributed by atoms with Gasteiger partial charge in [0.05, 0.1) is 6.54 Å². The molecule has 5 rings (SSSR count). The summed E-state index contributed by atoms with van der Waals surface area (Å²) in [6.45, 7) is 1.68. The van der Waals surface area contributed by atoms with E-state index in [1.54, 1.807) is 4.52 Å². The molecule has 1 aromatic carbocycles. The first-order chi connectivity index (χ1) is 12.8. The monoisotopic (exact) mass is 348 g/mol. The van der Waals surface area contributed by atoms with Crippen LogP contribution in [0.1, 0.15) is 35.7 Å². The topological polar surface area (TPSA) is 75.4 Å². The van der Waals surface area contributed by atoms with Gasteiger partial charge in [-0.2, -0.15) is 4.52 Å². The lowest BCUT2D eigenvalue weighted by molar-refractivity contribution is -0.130. The summed E-state index contributed by atoms with van der Waals surface area (Å²) in [4.78, 5) is 14.5. The van der Waals surface area contributed by atoms with Crippen molar-refractivity contribution in [2.24, 2.45) is 0 Å². The number of carbonyl (C=O) groups is 1. The Kier molecular flexibility index (Phi) is 3.58. The van der Waals surface area contributed by atoms with Crippen LogP contribution in [-0.4, -0.2) is 43.7 Å². The molecule has 1 aliphatic carbocycles. The van der Waals surface area contributed by atoms with Gasteiger partial charge in [0, 0.05) is 19.0 Å². The van der Waals surface area contributed by atoms with Crippen LogP contribution in [-0.2, 0) is 17.8 Å². The molecule has 1 fully saturated rings. The summed E-state index contributed by atoms with van der Waals surface area (Å²) in [6.07, 6.45) is 3.21. The minimum atomic E-state index is 0.0903. The molecule has 7 heteroatoms. The van der Waals surface area contributed by atoms with E-state index in [4.69, 9.17) is 0 Å². The van der Waals surface area contributed by atoms with Crippen molar-refractivity contribution in [3.63, 3.8) is 0 Å². The molecule has 0 spiro atoms. The summed E-state index contributed by atoms with van der Waals surface area (Å²) in [7, 11) is 0. The fourth-order valence-electron chi connectivity index (χ4n) is 3.48. The zero-order chi connectivity index (χ0) is 17.5. The minimum Gasteiger partial charge on any atom is -0.360 e. The van der Waals surface area contributed by atoms with Crippen LogP contribution >= 0.6 is 0 Å². The summed E-state index contributed by atoms with van der Waals surface area (Å²) in [5, 5.41) is 16.1. The molecule has 3 heterocycles. The van der Waals surface area contributed by atoms with Crippen molar-refractivity contribution in [1.82, 2.24) is 24.7 Å². The van der Waals surface area contributed by atoms with E-state index < -0.39 is 0 Å². The molecule has 1 amide bonds. The van der Waals surface area contributed by atoms with Crippen LogP contribution < -0.4 is 5.32 Å². The van der Waals surface area contributed by atoms with Crippen LogP contribution in [0.4, 0.5) is 5.82 Å². The number of carbonyl (C=O) groups excluding carboxylic acids is 1. The quantitative estimate of drug-likeness (QED) is 0.780. The van der Waals surface area contributed by atoms with Crippen LogP contribution in [0.15, 0.2) is 36.4 Å². The highest BCUT2D eigenvalue weighted by molar-refractivity contribution is 5.80. The lowest BCUT2D eigenvalue weighted by Crippen LogP contribution is -2.39. The molecule has 0 radical (unpaired) electrons. The van der Waals surface area contributed by atoms with Crippen molar-refractivity contribution in [2.75, 3.05) is 18.4 Å². The SMILES string of the molecule is O=C(CNc1ccc2nnc(C3CC3)n2n1)N1CCc2ccccc2C1. The molecule has 2 aromatic heterocycles. The normalized spacial score (nSPS) is 16.5. The highest BCUT2D eigenvalue weighted by Gasteiger charge is 2.29. The van der Waals surface area contributed by atoms with Crippen LogP contribution in [0.3, 0.4) is 0 Å². The zero-order valence-electron chi connectivity index (χ0n) is 14.4. The van der Waals surface area contributed by atoms with Crippen molar-refractivity contribution >= 4 is 17.4 Å². The average molecular weight is 348 g/mol. The first-order valence-electron chi connectivity index (χ1n) is 9.09. The third kappa shape index (κ3) is 2.79. The van der Waals surface area contributed by atoms with E-state index >= 15 is 0 Å². The number of rotatable bonds is 4. The number of hydrogen-bond donors (Lipinski definition) is 1. The Morgan fingerprint density at radius 1 is 1.12 bits per heavy atom. The Morgan fingerprint density at radius 3 is 2.81 bits per heavy atom. The summed E-state index contributed by atoms with van der Waals surface area (Å²) in [6, 6.07) is 12.1. The number of anilines is 1. The van der Waals surface area contributed by atoms with Crippen LogP contribution in [0.2, 0.25) is 0 Å². The van der Waals surface area contributed by atoms with Gasteiger partial charge in [0.25, 0.3) is 0 Å². The molecule has 0 bridgehead atoms. The van der Waals surface area contributed by atoms with Crippen LogP contribution in [0.25, 0.3) is 5.65 Å². The molecule has 0 saturated heterocycles. The van der Waals surface area contributed by atoms with Gasteiger partial charge in [-0.1, -0.05) is 24.3 Å². The first kappa shape index (κ1) is 15.3. The van der Waals surface area contributed by atoms with Crippen molar-refractivity contribution in [3.05, 3.63) is 53.3 Å². The largest absolute Gasteiger partial charge is 0.360 e. The van der Waals surface area contributed by atoms with E-state index in [9.17, 15) is 4.79 Å². The molecule has 26 heavy (non-hydrogen) atoms. The van der Waals surface area contributed by atoms with E-state index in [2.05, 4.69) is 38.8 Å². The Hall–Kier alpha value is -2.96. The maximum absolute atomic E-state index is 12.6. The molecule has 0 unspecified atom stereocenters. The van der Waals surface area contributed by atoms with Gasteiger partial charge >= 0.3 is 0 Å². The van der Waals surface area contributed by atoms with Crippen molar-refractivity contribution in [2.45, 2.75) is 31.7 Å². The minimum absolute atomic E-state index is 0.0903. The predicted molar refractivity (Wildman–Crippen MR) is 96.8 cm³/mol. The summed E-state index contributed by atoms with van der Waals surface area (Å²) >= 11 is 0. The predicted octanol–water partition coefficient (Wildman–Crippen LogP) is 2.00. The lowest BCUT2D eigenvalue weighted by atomic mass is 10.00. The van der Waals surface area contributed by atoms with E-state index in [0.717, 1.165) is 37.3 Å².